The zero-order valence-electron chi connectivity index (χ0n) is 11.5. The summed E-state index contributed by atoms with van der Waals surface area (Å²) in [5, 5.41) is 8.77. The molecule has 0 unspecified atom stereocenters. The monoisotopic (exact) mass is 262 g/mol. The molecule has 0 amide bonds. The molecule has 0 bridgehead atoms. The number of aliphatic carboxylic acids is 1. The van der Waals surface area contributed by atoms with Gasteiger partial charge in [0.25, 0.3) is 0 Å². The molecule has 4 nitrogen and oxygen atoms in total. The molecule has 0 spiro atoms. The zero-order chi connectivity index (χ0) is 13.7. The molecule has 0 aromatic heterocycles. The first kappa shape index (κ1) is 13.9. The number of piperazine rings is 1. The van der Waals surface area contributed by atoms with Crippen molar-refractivity contribution in [2.45, 2.75) is 19.8 Å². The summed E-state index contributed by atoms with van der Waals surface area (Å²) in [5.41, 5.74) is 2.63. The molecule has 1 aliphatic rings. The molecule has 0 radical (unpaired) electrons. The molecule has 1 heterocycles. The Morgan fingerprint density at radius 1 is 1.16 bits per heavy atom. The third-order valence-corrected chi connectivity index (χ3v) is 3.57. The van der Waals surface area contributed by atoms with Crippen molar-refractivity contribution < 1.29 is 9.90 Å². The minimum Gasteiger partial charge on any atom is -0.480 e. The van der Waals surface area contributed by atoms with Crippen molar-refractivity contribution in [1.82, 2.24) is 4.90 Å². The van der Waals surface area contributed by atoms with Crippen LogP contribution in [0.5, 0.6) is 0 Å². The van der Waals surface area contributed by atoms with Crippen molar-refractivity contribution in [2.24, 2.45) is 0 Å². The van der Waals surface area contributed by atoms with Gasteiger partial charge in [-0.15, -0.1) is 0 Å². The molecule has 0 saturated carbocycles. The van der Waals surface area contributed by atoms with Gasteiger partial charge in [-0.2, -0.15) is 0 Å². The van der Waals surface area contributed by atoms with Crippen LogP contribution in [0.3, 0.4) is 0 Å². The van der Waals surface area contributed by atoms with Crippen molar-refractivity contribution in [3.05, 3.63) is 29.8 Å². The van der Waals surface area contributed by atoms with E-state index in [4.69, 9.17) is 5.11 Å². The number of carboxylic acids is 1. The number of carbonyl (C=O) groups is 1. The lowest BCUT2D eigenvalue weighted by molar-refractivity contribution is -0.138. The number of rotatable bonds is 5. The first-order valence-electron chi connectivity index (χ1n) is 6.97. The summed E-state index contributed by atoms with van der Waals surface area (Å²) in [6, 6.07) is 8.75. The van der Waals surface area contributed by atoms with E-state index < -0.39 is 5.97 Å². The number of hydrogen-bond donors (Lipinski definition) is 1. The molecule has 104 valence electrons. The van der Waals surface area contributed by atoms with Crippen LogP contribution in [-0.4, -0.2) is 48.7 Å². The van der Waals surface area contributed by atoms with Gasteiger partial charge in [-0.3, -0.25) is 9.69 Å². The molecular formula is C15H22N2O2. The fourth-order valence-corrected chi connectivity index (χ4v) is 2.52. The second-order valence-electron chi connectivity index (χ2n) is 5.07. The summed E-state index contributed by atoms with van der Waals surface area (Å²) in [5.74, 6) is -0.739. The average molecular weight is 262 g/mol. The normalized spacial score (nSPS) is 16.6. The molecule has 0 atom stereocenters. The summed E-state index contributed by atoms with van der Waals surface area (Å²) in [7, 11) is 0. The quantitative estimate of drug-likeness (QED) is 0.879. The van der Waals surface area contributed by atoms with Crippen LogP contribution in [0, 0.1) is 0 Å². The van der Waals surface area contributed by atoms with Gasteiger partial charge in [0.05, 0.1) is 6.54 Å². The average Bonchev–Trinajstić information content (AvgIpc) is 2.40. The fourth-order valence-electron chi connectivity index (χ4n) is 2.52. The largest absolute Gasteiger partial charge is 0.480 e. The Balaban J connectivity index is 1.88. The molecule has 0 aliphatic carbocycles. The van der Waals surface area contributed by atoms with E-state index in [1.807, 2.05) is 4.90 Å². The molecule has 2 rings (SSSR count). The molecule has 1 saturated heterocycles. The second-order valence-corrected chi connectivity index (χ2v) is 5.07. The highest BCUT2D eigenvalue weighted by Gasteiger charge is 2.18. The van der Waals surface area contributed by atoms with Crippen LogP contribution in [0.4, 0.5) is 5.69 Å². The van der Waals surface area contributed by atoms with E-state index in [2.05, 4.69) is 36.1 Å². The van der Waals surface area contributed by atoms with Crippen LogP contribution < -0.4 is 4.90 Å². The highest BCUT2D eigenvalue weighted by atomic mass is 16.4. The lowest BCUT2D eigenvalue weighted by atomic mass is 10.1. The lowest BCUT2D eigenvalue weighted by Crippen LogP contribution is -2.47. The molecule has 1 aromatic carbocycles. The smallest absolute Gasteiger partial charge is 0.317 e. The molecule has 1 aliphatic heterocycles. The van der Waals surface area contributed by atoms with Gasteiger partial charge >= 0.3 is 5.97 Å². The van der Waals surface area contributed by atoms with E-state index in [0.29, 0.717) is 0 Å². The highest BCUT2D eigenvalue weighted by molar-refractivity contribution is 5.69. The van der Waals surface area contributed by atoms with Gasteiger partial charge in [-0.05, 0) is 24.1 Å². The van der Waals surface area contributed by atoms with Crippen LogP contribution in [0.1, 0.15) is 18.9 Å². The maximum Gasteiger partial charge on any atom is 0.317 e. The van der Waals surface area contributed by atoms with Gasteiger partial charge in [0.2, 0.25) is 0 Å². The van der Waals surface area contributed by atoms with Gasteiger partial charge in [-0.25, -0.2) is 0 Å². The Morgan fingerprint density at radius 2 is 1.79 bits per heavy atom. The predicted molar refractivity (Wildman–Crippen MR) is 76.7 cm³/mol. The van der Waals surface area contributed by atoms with Crippen molar-refractivity contribution >= 4 is 11.7 Å². The standard InChI is InChI=1S/C15H22N2O2/c1-2-3-13-4-6-14(7-5-13)17-10-8-16(9-11-17)12-15(18)19/h4-7H,2-3,8-12H2,1H3,(H,18,19). The Bertz CT molecular complexity index is 409. The lowest BCUT2D eigenvalue weighted by Gasteiger charge is -2.35. The van der Waals surface area contributed by atoms with Crippen LogP contribution >= 0.6 is 0 Å². The summed E-state index contributed by atoms with van der Waals surface area (Å²) in [4.78, 5) is 15.0. The van der Waals surface area contributed by atoms with E-state index >= 15 is 0 Å². The topological polar surface area (TPSA) is 43.8 Å². The minimum absolute atomic E-state index is 0.156. The SMILES string of the molecule is CCCc1ccc(N2CCN(CC(=O)O)CC2)cc1. The van der Waals surface area contributed by atoms with E-state index in [1.165, 1.54) is 17.7 Å². The van der Waals surface area contributed by atoms with Crippen molar-refractivity contribution in [2.75, 3.05) is 37.6 Å². The molecule has 4 heteroatoms. The zero-order valence-corrected chi connectivity index (χ0v) is 11.5. The van der Waals surface area contributed by atoms with E-state index in [9.17, 15) is 4.79 Å². The molecule has 1 aromatic rings. The van der Waals surface area contributed by atoms with Crippen molar-refractivity contribution in [1.29, 1.82) is 0 Å². The minimum atomic E-state index is -0.739. The van der Waals surface area contributed by atoms with Gasteiger partial charge in [0.15, 0.2) is 0 Å². The Labute approximate surface area is 114 Å². The number of aryl methyl sites for hydroxylation is 1. The molecule has 1 fully saturated rings. The van der Waals surface area contributed by atoms with Gasteiger partial charge in [-0.1, -0.05) is 25.5 Å². The fraction of sp³-hybridized carbons (Fsp3) is 0.533. The summed E-state index contributed by atoms with van der Waals surface area (Å²) in [6.07, 6.45) is 2.31. The second kappa shape index (κ2) is 6.57. The molecule has 1 N–H and O–H groups in total. The summed E-state index contributed by atoms with van der Waals surface area (Å²) < 4.78 is 0. The van der Waals surface area contributed by atoms with E-state index in [0.717, 1.165) is 32.6 Å². The number of nitrogens with zero attached hydrogens (tertiary/aromatic N) is 2. The summed E-state index contributed by atoms with van der Waals surface area (Å²) in [6.45, 7) is 5.80. The predicted octanol–water partition coefficient (Wildman–Crippen LogP) is 1.85. The first-order valence-corrected chi connectivity index (χ1v) is 6.97. The maximum absolute atomic E-state index is 10.7. The van der Waals surface area contributed by atoms with Gasteiger partial charge in [0.1, 0.15) is 0 Å². The third kappa shape index (κ3) is 3.96. The van der Waals surface area contributed by atoms with E-state index in [1.54, 1.807) is 0 Å². The van der Waals surface area contributed by atoms with Crippen LogP contribution in [0.15, 0.2) is 24.3 Å². The molecular weight excluding hydrogens is 240 g/mol. The van der Waals surface area contributed by atoms with Crippen molar-refractivity contribution in [3.63, 3.8) is 0 Å². The number of anilines is 1. The number of hydrogen-bond acceptors (Lipinski definition) is 3. The first-order chi connectivity index (χ1) is 9.19. The Hall–Kier alpha value is -1.55. The molecule has 19 heavy (non-hydrogen) atoms. The maximum atomic E-state index is 10.7. The van der Waals surface area contributed by atoms with Crippen LogP contribution in [0.2, 0.25) is 0 Å². The Morgan fingerprint density at radius 3 is 2.32 bits per heavy atom. The van der Waals surface area contributed by atoms with Crippen LogP contribution in [0.25, 0.3) is 0 Å². The van der Waals surface area contributed by atoms with Gasteiger partial charge < -0.3 is 10.0 Å². The van der Waals surface area contributed by atoms with Gasteiger partial charge in [0, 0.05) is 31.9 Å². The highest BCUT2D eigenvalue weighted by Crippen LogP contribution is 2.17. The number of benzene rings is 1. The van der Waals surface area contributed by atoms with Crippen LogP contribution in [-0.2, 0) is 11.2 Å². The van der Waals surface area contributed by atoms with E-state index in [-0.39, 0.29) is 6.54 Å². The summed E-state index contributed by atoms with van der Waals surface area (Å²) >= 11 is 0. The van der Waals surface area contributed by atoms with Crippen molar-refractivity contribution in [3.8, 4) is 0 Å². The number of carboxylic acid groups (broad SMARTS) is 1. The Kier molecular flexibility index (Phi) is 4.80. The third-order valence-electron chi connectivity index (χ3n) is 3.57.